The van der Waals surface area contributed by atoms with Crippen molar-refractivity contribution in [1.29, 1.82) is 0 Å². The molecule has 0 saturated heterocycles. The molecule has 2 aliphatic carbocycles. The van der Waals surface area contributed by atoms with Crippen LogP contribution in [0.15, 0.2) is 217 Å². The minimum absolute atomic E-state index is 0.189. The first-order valence-electron chi connectivity index (χ1n) is 21.9. The molecule has 13 rings (SSSR count). The average molecular weight is 804 g/mol. The molecule has 10 aromatic carbocycles. The summed E-state index contributed by atoms with van der Waals surface area (Å²) in [6.07, 6.45) is 0. The molecule has 0 spiro atoms. The fraction of sp³-hybridized carbons (Fsp3) is 0.0492. The zero-order valence-electron chi connectivity index (χ0n) is 35.1. The van der Waals surface area contributed by atoms with Gasteiger partial charge in [-0.2, -0.15) is 0 Å². The van der Waals surface area contributed by atoms with Crippen LogP contribution in [0.25, 0.3) is 99.5 Å². The molecule has 0 bridgehead atoms. The van der Waals surface area contributed by atoms with Gasteiger partial charge in [-0.3, -0.25) is 0 Å². The van der Waals surface area contributed by atoms with E-state index in [9.17, 15) is 0 Å². The summed E-state index contributed by atoms with van der Waals surface area (Å²) < 4.78 is 6.47. The highest BCUT2D eigenvalue weighted by Gasteiger charge is 2.36. The highest BCUT2D eigenvalue weighted by molar-refractivity contribution is 6.18. The van der Waals surface area contributed by atoms with Gasteiger partial charge in [-0.25, -0.2) is 0 Å². The van der Waals surface area contributed by atoms with Crippen LogP contribution < -0.4 is 4.90 Å². The molecule has 1 heterocycles. The Kier molecular flexibility index (Phi) is 7.68. The number of para-hydroxylation sites is 2. The van der Waals surface area contributed by atoms with Crippen LogP contribution >= 0.6 is 0 Å². The van der Waals surface area contributed by atoms with Crippen LogP contribution in [0.1, 0.15) is 25.0 Å². The van der Waals surface area contributed by atoms with Crippen LogP contribution in [0.3, 0.4) is 0 Å². The summed E-state index contributed by atoms with van der Waals surface area (Å²) in [7, 11) is 0. The molecule has 0 fully saturated rings. The molecule has 11 aromatic rings. The van der Waals surface area contributed by atoms with Gasteiger partial charge in [-0.05, 0) is 132 Å². The third-order valence-electron chi connectivity index (χ3n) is 13.9. The van der Waals surface area contributed by atoms with E-state index >= 15 is 0 Å². The molecule has 0 unspecified atom stereocenters. The third-order valence-corrected chi connectivity index (χ3v) is 13.9. The predicted octanol–water partition coefficient (Wildman–Crippen LogP) is 17.2. The summed E-state index contributed by atoms with van der Waals surface area (Å²) in [6, 6.07) is 77.8. The smallest absolute Gasteiger partial charge is 0.143 e. The third kappa shape index (κ3) is 5.38. The summed E-state index contributed by atoms with van der Waals surface area (Å²) in [6.45, 7) is 4.75. The first-order chi connectivity index (χ1) is 31.0. The molecule has 296 valence electrons. The van der Waals surface area contributed by atoms with Gasteiger partial charge < -0.3 is 9.32 Å². The number of nitrogens with zero attached hydrogens (tertiary/aromatic N) is 1. The van der Waals surface area contributed by atoms with Crippen LogP contribution in [-0.2, 0) is 5.41 Å². The molecule has 0 aliphatic heterocycles. The second kappa shape index (κ2) is 13.5. The highest BCUT2D eigenvalue weighted by atomic mass is 16.3. The van der Waals surface area contributed by atoms with Crippen molar-refractivity contribution in [1.82, 2.24) is 0 Å². The maximum absolute atomic E-state index is 6.47. The van der Waals surface area contributed by atoms with E-state index in [0.717, 1.165) is 50.1 Å². The van der Waals surface area contributed by atoms with E-state index in [0.29, 0.717) is 0 Å². The molecule has 0 atom stereocenters. The highest BCUT2D eigenvalue weighted by Crippen LogP contribution is 2.53. The Morgan fingerprint density at radius 1 is 0.333 bits per heavy atom. The Labute approximate surface area is 367 Å². The number of anilines is 3. The van der Waals surface area contributed by atoms with E-state index in [1.54, 1.807) is 0 Å². The lowest BCUT2D eigenvalue weighted by molar-refractivity contribution is 0.660. The summed E-state index contributed by atoms with van der Waals surface area (Å²) in [5.41, 5.74) is 22.7. The van der Waals surface area contributed by atoms with Crippen molar-refractivity contribution < 1.29 is 4.42 Å². The Morgan fingerprint density at radius 3 is 1.59 bits per heavy atom. The molecule has 63 heavy (non-hydrogen) atoms. The molecule has 0 radical (unpaired) electrons. The lowest BCUT2D eigenvalue weighted by Crippen LogP contribution is -2.16. The van der Waals surface area contributed by atoms with Crippen molar-refractivity contribution in [3.8, 4) is 66.8 Å². The van der Waals surface area contributed by atoms with E-state index < -0.39 is 0 Å². The fourth-order valence-electron chi connectivity index (χ4n) is 10.7. The maximum atomic E-state index is 6.47. The minimum atomic E-state index is -0.189. The molecule has 0 amide bonds. The largest absolute Gasteiger partial charge is 0.455 e. The zero-order chi connectivity index (χ0) is 41.8. The van der Waals surface area contributed by atoms with Gasteiger partial charge in [0.15, 0.2) is 0 Å². The molecule has 2 aliphatic rings. The summed E-state index contributed by atoms with van der Waals surface area (Å²) in [5.74, 6) is 0. The lowest BCUT2D eigenvalue weighted by atomic mass is 9.81. The molecule has 0 saturated carbocycles. The number of hydrogen-bond acceptors (Lipinski definition) is 2. The van der Waals surface area contributed by atoms with Gasteiger partial charge in [0, 0.05) is 38.8 Å². The van der Waals surface area contributed by atoms with Crippen LogP contribution in [0.5, 0.6) is 0 Å². The number of rotatable bonds is 6. The maximum Gasteiger partial charge on any atom is 0.143 e. The fourth-order valence-corrected chi connectivity index (χ4v) is 10.7. The second-order valence-corrected chi connectivity index (χ2v) is 17.6. The molecule has 1 aromatic heterocycles. The SMILES string of the molecule is CC1(C)c2cc(-c3ccccc3)ccc2-c2ccc(N(c3ccc(-c4ccc5c6c(cccc46)-c4ccccc4-5)cc3)c3ccc(-c4cccc5c4oc4ccccc45)cc3)cc21. The summed E-state index contributed by atoms with van der Waals surface area (Å²) in [4.78, 5) is 2.41. The van der Waals surface area contributed by atoms with Gasteiger partial charge in [0.25, 0.3) is 0 Å². The Balaban J connectivity index is 0.925. The topological polar surface area (TPSA) is 16.4 Å². The van der Waals surface area contributed by atoms with Crippen molar-refractivity contribution in [2.75, 3.05) is 4.90 Å². The summed E-state index contributed by atoms with van der Waals surface area (Å²) >= 11 is 0. The molecule has 2 nitrogen and oxygen atoms in total. The molecular formula is C61H41NO. The first-order valence-corrected chi connectivity index (χ1v) is 21.9. The number of benzene rings is 10. The van der Waals surface area contributed by atoms with E-state index in [-0.39, 0.29) is 5.41 Å². The van der Waals surface area contributed by atoms with Crippen molar-refractivity contribution in [3.05, 3.63) is 223 Å². The zero-order valence-corrected chi connectivity index (χ0v) is 35.1. The average Bonchev–Trinajstić information content (AvgIpc) is 3.96. The van der Waals surface area contributed by atoms with E-state index in [4.69, 9.17) is 4.42 Å². The predicted molar refractivity (Wildman–Crippen MR) is 264 cm³/mol. The van der Waals surface area contributed by atoms with Crippen LogP contribution in [0.2, 0.25) is 0 Å². The summed E-state index contributed by atoms with van der Waals surface area (Å²) in [5, 5.41) is 4.91. The quantitative estimate of drug-likeness (QED) is 0.166. The van der Waals surface area contributed by atoms with Gasteiger partial charge in [0.1, 0.15) is 11.2 Å². The monoisotopic (exact) mass is 803 g/mol. The van der Waals surface area contributed by atoms with Crippen molar-refractivity contribution in [2.45, 2.75) is 19.3 Å². The van der Waals surface area contributed by atoms with Gasteiger partial charge in [0.2, 0.25) is 0 Å². The normalized spacial score (nSPS) is 13.0. The minimum Gasteiger partial charge on any atom is -0.455 e. The van der Waals surface area contributed by atoms with Crippen LogP contribution in [-0.4, -0.2) is 0 Å². The van der Waals surface area contributed by atoms with E-state index in [1.807, 2.05) is 12.1 Å². The molecule has 0 N–H and O–H groups in total. The van der Waals surface area contributed by atoms with Crippen molar-refractivity contribution in [3.63, 3.8) is 0 Å². The Bertz CT molecular complexity index is 3600. The van der Waals surface area contributed by atoms with Crippen LogP contribution in [0.4, 0.5) is 17.1 Å². The van der Waals surface area contributed by atoms with Gasteiger partial charge in [0.05, 0.1) is 0 Å². The number of fused-ring (bicyclic) bond motifs is 9. The standard InChI is InChI=1S/C61H41NO/c1-61(2)56-36-41(38-12-4-3-5-13-38)26-32-49(56)50-33-31-44(37-57(50)61)62(43-29-24-40(25-30-43)46-17-10-20-55-51-16-8-9-21-58(51)63-60(46)55)42-27-22-39(23-28-42)45-34-35-54-48-15-7-6-14-47(48)53-19-11-18-52(45)59(53)54/h3-37H,1-2H3. The van der Waals surface area contributed by atoms with Crippen LogP contribution in [0, 0.1) is 0 Å². The van der Waals surface area contributed by atoms with Gasteiger partial charge >= 0.3 is 0 Å². The van der Waals surface area contributed by atoms with Crippen molar-refractivity contribution >= 4 is 49.8 Å². The number of hydrogen-bond donors (Lipinski definition) is 0. The number of furan rings is 1. The molecular weight excluding hydrogens is 763 g/mol. The second-order valence-electron chi connectivity index (χ2n) is 17.6. The van der Waals surface area contributed by atoms with Gasteiger partial charge in [-0.1, -0.05) is 178 Å². The Hall–Kier alpha value is -7.94. The molecule has 2 heteroatoms. The first kappa shape index (κ1) is 35.8. The van der Waals surface area contributed by atoms with Gasteiger partial charge in [-0.15, -0.1) is 0 Å². The lowest BCUT2D eigenvalue weighted by Gasteiger charge is -2.28. The van der Waals surface area contributed by atoms with E-state index in [1.165, 1.54) is 77.5 Å². The Morgan fingerprint density at radius 2 is 0.841 bits per heavy atom. The van der Waals surface area contributed by atoms with E-state index in [2.05, 4.69) is 219 Å². The van der Waals surface area contributed by atoms with Crippen molar-refractivity contribution in [2.24, 2.45) is 0 Å².